The molecule has 0 atom stereocenters. The number of allylic oxidation sites excluding steroid dienone is 1. The Morgan fingerprint density at radius 1 is 0.427 bits per heavy atom. The average Bonchev–Trinajstić information content (AvgIpc) is 0.969. The van der Waals surface area contributed by atoms with Crippen molar-refractivity contribution in [2.24, 2.45) is 59.2 Å². The van der Waals surface area contributed by atoms with Crippen LogP contribution < -0.4 is 72.4 Å². The van der Waals surface area contributed by atoms with Gasteiger partial charge in [0.05, 0.1) is 0 Å². The van der Waals surface area contributed by atoms with Crippen LogP contribution in [-0.2, 0) is 17.6 Å². The smallest absolute Gasteiger partial charge is 1.00 e. The second kappa shape index (κ2) is 37.9. The number of hydrogen-bond acceptors (Lipinski definition) is 2. The van der Waals surface area contributed by atoms with Gasteiger partial charge in [0.2, 0.25) is 0 Å². The molecule has 11 rings (SSSR count). The Morgan fingerprint density at radius 2 is 0.697 bits per heavy atom. The maximum Gasteiger partial charge on any atom is 1.00 e. The first-order valence-corrected chi connectivity index (χ1v) is 41.2. The van der Waals surface area contributed by atoms with Crippen molar-refractivity contribution in [1.82, 2.24) is 0 Å². The molecule has 6 saturated carbocycles. The molecule has 0 unspecified atom stereocenters. The Kier molecular flexibility index (Phi) is 31.7. The third-order valence-electron chi connectivity index (χ3n) is 23.1. The van der Waals surface area contributed by atoms with Crippen LogP contribution in [0.5, 0.6) is 0 Å². The molecular weight excluding hydrogens is 1190 g/mol. The van der Waals surface area contributed by atoms with E-state index in [0.29, 0.717) is 11.8 Å². The van der Waals surface area contributed by atoms with Crippen LogP contribution in [0.4, 0.5) is 0 Å². The van der Waals surface area contributed by atoms with E-state index < -0.39 is 10.9 Å². The predicted molar refractivity (Wildman–Crippen MR) is 387 cm³/mol. The van der Waals surface area contributed by atoms with Crippen molar-refractivity contribution in [2.45, 2.75) is 258 Å². The molecule has 0 saturated heterocycles. The van der Waals surface area contributed by atoms with Gasteiger partial charge in [-0.05, 0) is 216 Å². The van der Waals surface area contributed by atoms with Crippen LogP contribution in [0.2, 0.25) is 0 Å². The molecule has 0 radical (unpaired) electrons. The second-order valence-electron chi connectivity index (χ2n) is 30.4. The first kappa shape index (κ1) is 74.4. The van der Waals surface area contributed by atoms with Gasteiger partial charge < -0.3 is 9.90 Å². The van der Waals surface area contributed by atoms with Gasteiger partial charge in [-0.25, -0.2) is 0 Å². The topological polar surface area (TPSA) is 40.1 Å². The van der Waals surface area contributed by atoms with Crippen molar-refractivity contribution in [3.05, 3.63) is 174 Å². The van der Waals surface area contributed by atoms with Crippen molar-refractivity contribution in [3.8, 4) is 0 Å². The Hall–Kier alpha value is -1.98. The molecule has 0 N–H and O–H groups in total. The molecule has 0 aliphatic heterocycles. The van der Waals surface area contributed by atoms with Crippen molar-refractivity contribution in [3.63, 3.8) is 0 Å². The van der Waals surface area contributed by atoms with Gasteiger partial charge in [-0.3, -0.25) is 0 Å². The van der Waals surface area contributed by atoms with Gasteiger partial charge in [0, 0.05) is 5.92 Å². The van der Waals surface area contributed by atoms with Crippen molar-refractivity contribution >= 4 is 43.0 Å². The van der Waals surface area contributed by atoms with Crippen LogP contribution in [0, 0.1) is 59.2 Å². The maximum atomic E-state index is 11.0. The molecule has 89 heavy (non-hydrogen) atoms. The molecule has 6 aliphatic rings. The van der Waals surface area contributed by atoms with Gasteiger partial charge in [-0.2, -0.15) is 0 Å². The molecule has 0 heterocycles. The maximum absolute atomic E-state index is 11.0. The van der Waals surface area contributed by atoms with Gasteiger partial charge in [0.15, 0.2) is 0 Å². The van der Waals surface area contributed by atoms with Gasteiger partial charge in [0.1, 0.15) is 6.29 Å². The summed E-state index contributed by atoms with van der Waals surface area (Å²) in [6.07, 6.45) is 48.6. The van der Waals surface area contributed by atoms with E-state index in [2.05, 4.69) is 188 Å². The number of aldehydes is 1. The van der Waals surface area contributed by atoms with Crippen molar-refractivity contribution in [1.29, 1.82) is 0 Å². The minimum Gasteiger partial charge on any atom is 1.00 e. The summed E-state index contributed by atoms with van der Waals surface area (Å²) < 4.78 is 0. The van der Waals surface area contributed by atoms with Crippen LogP contribution in [0.15, 0.2) is 152 Å². The zero-order valence-corrected chi connectivity index (χ0v) is 62.9. The molecule has 2 nitrogen and oxygen atoms in total. The summed E-state index contributed by atoms with van der Waals surface area (Å²) in [4.78, 5) is 11.0. The zero-order valence-electron chi connectivity index (χ0n) is 57.3. The number of carbonyl (C=O) groups excluding carboxylic acids is 1. The molecule has 5 aromatic carbocycles. The second-order valence-corrected chi connectivity index (χ2v) is 40.1. The van der Waals surface area contributed by atoms with E-state index in [1.807, 2.05) is 0 Å². The van der Waals surface area contributed by atoms with Crippen LogP contribution in [-0.4, -0.2) is 18.6 Å². The van der Waals surface area contributed by atoms with Gasteiger partial charge in [-0.1, -0.05) is 166 Å². The molecule has 0 amide bonds. The summed E-state index contributed by atoms with van der Waals surface area (Å²) in [6, 6.07) is 51.6. The zero-order chi connectivity index (χ0) is 62.2. The van der Waals surface area contributed by atoms with E-state index in [1.54, 1.807) is 44.7 Å². The van der Waals surface area contributed by atoms with Crippen LogP contribution in [0.25, 0.3) is 0 Å². The third kappa shape index (κ3) is 23.1. The quantitative estimate of drug-likeness (QED) is 0.0358. The number of benzene rings is 5. The molecule has 0 spiro atoms. The van der Waals surface area contributed by atoms with Gasteiger partial charge in [0.25, 0.3) is 0 Å². The molecule has 5 heteroatoms. The number of carbonyl (C=O) groups is 1. The van der Waals surface area contributed by atoms with E-state index >= 15 is 0 Å². The molecule has 0 aromatic heterocycles. The Bertz CT molecular complexity index is 2460. The summed E-state index contributed by atoms with van der Waals surface area (Å²) in [5.74, 6) is 10.9. The first-order valence-electron chi connectivity index (χ1n) is 36.5. The van der Waals surface area contributed by atoms with E-state index in [0.717, 1.165) is 72.0 Å². The van der Waals surface area contributed by atoms with Crippen molar-refractivity contribution < 1.29 is 61.3 Å². The molecule has 6 aliphatic carbocycles. The largest absolute Gasteiger partial charge is 1.00 e. The first-order chi connectivity index (χ1) is 42.6. The van der Waals surface area contributed by atoms with Crippen LogP contribution in [0.3, 0.4) is 0 Å². The third-order valence-corrected chi connectivity index (χ3v) is 31.3. The molecular formula is C84H121BrKO2P. The monoisotopic (exact) mass is 1310 g/mol. The van der Waals surface area contributed by atoms with Crippen LogP contribution in [0.1, 0.15) is 261 Å². The Labute approximate surface area is 596 Å². The minimum atomic E-state index is -2.56. The summed E-state index contributed by atoms with van der Waals surface area (Å²) in [5.41, 5.74) is 5.43. The molecule has 6 fully saturated rings. The van der Waals surface area contributed by atoms with Gasteiger partial charge in [-0.15, -0.1) is 12.2 Å². The normalized spacial score (nSPS) is 27.8. The fourth-order valence-electron chi connectivity index (χ4n) is 17.3. The summed E-state index contributed by atoms with van der Waals surface area (Å²) in [7, 11) is 0. The fourth-order valence-corrected chi connectivity index (χ4v) is 23.0. The number of aryl methyl sites for hydroxylation is 2. The SMILES string of the molecule is C=CC1CCC(c2ccc(CCC3CCC(C4CCC(CCC)CC4)CC3)cc2)CC1.CC(C)(C)[O-].CCCC1CCC(C2CCC(CCc3ccc(C4CCC(C=O)CC4)cc3)CC2)CC1.CP(Br)(c1ccccc1)(c1ccccc1)c1ccccc1.[K+]. The number of hydrogen-bond donors (Lipinski definition) is 0. The van der Waals surface area contributed by atoms with Crippen LogP contribution >= 0.6 is 20.8 Å². The Morgan fingerprint density at radius 3 is 0.955 bits per heavy atom. The number of rotatable bonds is 19. The Balaban J connectivity index is 0.000000185. The molecule has 482 valence electrons. The average molecular weight is 1310 g/mol. The standard InChI is InChI=1S/C31H48.C30H46O.C19H18BrP.C4H9O.K/c1-3-5-25-10-18-29(19-11-25)31-22-14-27(15-23-31)7-6-26-12-20-30(21-13-26)28-16-8-24(4-2)9-17-28;1-2-3-23-6-14-27(15-7-23)28-16-8-24(9-17-28)4-5-25-10-18-29(19-11-25)30-20-12-26(22-31)13-21-30;1-21(20,17-11-5-2-6-12-17,18-13-7-3-8-14-18)19-15-9-4-10-16-19;1-4(2,3)5;/h4,12-13,20-21,24-25,27-29,31H,2-3,5-11,14-19,22-23H2,1H3;10-11,18-19,22-24,26-28,30H,2-9,12-17,20-21H2,1H3;2-16H,1H3;1-3H3;/q;;;-1;+1. The van der Waals surface area contributed by atoms with Crippen molar-refractivity contribution in [2.75, 3.05) is 6.66 Å². The predicted octanol–water partition coefficient (Wildman–Crippen LogP) is 19.6. The molecule has 5 aromatic rings. The van der Waals surface area contributed by atoms with E-state index in [9.17, 15) is 9.90 Å². The van der Waals surface area contributed by atoms with Gasteiger partial charge >= 0.3 is 186 Å². The van der Waals surface area contributed by atoms with E-state index in [1.165, 1.54) is 213 Å². The fraction of sp³-hybridized carbons (Fsp3) is 0.607. The van der Waals surface area contributed by atoms with E-state index in [4.69, 9.17) is 0 Å². The molecule has 0 bridgehead atoms. The summed E-state index contributed by atoms with van der Waals surface area (Å²) >= 11 is 4.24. The summed E-state index contributed by atoms with van der Waals surface area (Å²) in [6.45, 7) is 16.0. The minimum absolute atomic E-state index is 0. The van der Waals surface area contributed by atoms with E-state index in [-0.39, 0.29) is 51.4 Å². The summed E-state index contributed by atoms with van der Waals surface area (Å²) in [5, 5.41) is 11.6. The number of halogens is 1.